The SMILES string of the molecule is CCOC(=O)C(C(=O)O)C(c1ccc(OC)c(OC)c1)C(OCC)OCC. The van der Waals surface area contributed by atoms with E-state index in [1.807, 2.05) is 0 Å². The van der Waals surface area contributed by atoms with Gasteiger partial charge in [-0.3, -0.25) is 9.59 Å². The van der Waals surface area contributed by atoms with E-state index in [0.717, 1.165) is 0 Å². The summed E-state index contributed by atoms with van der Waals surface area (Å²) in [5.74, 6) is -3.74. The number of carbonyl (C=O) groups is 2. The van der Waals surface area contributed by atoms with Crippen molar-refractivity contribution in [3.63, 3.8) is 0 Å². The smallest absolute Gasteiger partial charge is 0.321 e. The Morgan fingerprint density at radius 2 is 1.56 bits per heavy atom. The van der Waals surface area contributed by atoms with Crippen LogP contribution in [0.3, 0.4) is 0 Å². The van der Waals surface area contributed by atoms with E-state index in [0.29, 0.717) is 17.1 Å². The first-order chi connectivity index (χ1) is 12.9. The molecule has 0 aromatic heterocycles. The Kier molecular flexibility index (Phi) is 9.60. The predicted octanol–water partition coefficient (Wildman–Crippen LogP) is 2.45. The molecule has 0 saturated heterocycles. The van der Waals surface area contributed by atoms with E-state index in [2.05, 4.69) is 0 Å². The van der Waals surface area contributed by atoms with Gasteiger partial charge in [0.15, 0.2) is 23.7 Å². The number of ether oxygens (including phenoxy) is 5. The number of esters is 1. The van der Waals surface area contributed by atoms with Crippen molar-refractivity contribution in [1.82, 2.24) is 0 Å². The zero-order chi connectivity index (χ0) is 20.4. The van der Waals surface area contributed by atoms with E-state index < -0.39 is 30.1 Å². The van der Waals surface area contributed by atoms with Gasteiger partial charge in [0.1, 0.15) is 0 Å². The molecular weight excluding hydrogens is 356 g/mol. The van der Waals surface area contributed by atoms with E-state index >= 15 is 0 Å². The van der Waals surface area contributed by atoms with Crippen molar-refractivity contribution in [2.45, 2.75) is 33.0 Å². The molecule has 2 atom stereocenters. The van der Waals surface area contributed by atoms with Gasteiger partial charge in [-0.15, -0.1) is 0 Å². The van der Waals surface area contributed by atoms with Gasteiger partial charge < -0.3 is 28.8 Å². The Morgan fingerprint density at radius 1 is 0.963 bits per heavy atom. The Bertz CT molecular complexity index is 610. The molecule has 152 valence electrons. The number of hydrogen-bond acceptors (Lipinski definition) is 7. The van der Waals surface area contributed by atoms with Gasteiger partial charge in [-0.1, -0.05) is 6.07 Å². The van der Waals surface area contributed by atoms with Crippen LogP contribution in [0.4, 0.5) is 0 Å². The first-order valence-electron chi connectivity index (χ1n) is 8.79. The summed E-state index contributed by atoms with van der Waals surface area (Å²) < 4.78 is 26.8. The third-order valence-corrected chi connectivity index (χ3v) is 3.91. The van der Waals surface area contributed by atoms with Crippen molar-refractivity contribution in [3.8, 4) is 11.5 Å². The number of carboxylic acid groups (broad SMARTS) is 1. The summed E-state index contributed by atoms with van der Waals surface area (Å²) in [4.78, 5) is 24.4. The van der Waals surface area contributed by atoms with Crippen LogP contribution in [0.25, 0.3) is 0 Å². The molecule has 0 bridgehead atoms. The number of methoxy groups -OCH3 is 2. The quantitative estimate of drug-likeness (QED) is 0.333. The molecular formula is C19H28O8. The summed E-state index contributed by atoms with van der Waals surface area (Å²) in [6.07, 6.45) is -0.955. The van der Waals surface area contributed by atoms with Crippen LogP contribution in [-0.2, 0) is 23.8 Å². The Hall–Kier alpha value is -2.32. The van der Waals surface area contributed by atoms with Crippen LogP contribution in [0.2, 0.25) is 0 Å². The molecule has 0 amide bonds. The number of benzene rings is 1. The van der Waals surface area contributed by atoms with E-state index in [9.17, 15) is 14.7 Å². The molecule has 0 radical (unpaired) electrons. The fourth-order valence-corrected chi connectivity index (χ4v) is 2.78. The van der Waals surface area contributed by atoms with Gasteiger partial charge in [-0.2, -0.15) is 0 Å². The average molecular weight is 384 g/mol. The molecule has 2 unspecified atom stereocenters. The van der Waals surface area contributed by atoms with E-state index in [1.165, 1.54) is 14.2 Å². The molecule has 8 nitrogen and oxygen atoms in total. The van der Waals surface area contributed by atoms with Crippen molar-refractivity contribution in [2.24, 2.45) is 5.92 Å². The van der Waals surface area contributed by atoms with Gasteiger partial charge in [0, 0.05) is 13.2 Å². The Morgan fingerprint density at radius 3 is 2.00 bits per heavy atom. The molecule has 1 rings (SSSR count). The summed E-state index contributed by atoms with van der Waals surface area (Å²) >= 11 is 0. The summed E-state index contributed by atoms with van der Waals surface area (Å²) in [7, 11) is 2.97. The number of aliphatic carboxylic acids is 1. The second-order valence-electron chi connectivity index (χ2n) is 5.49. The molecule has 8 heteroatoms. The lowest BCUT2D eigenvalue weighted by Crippen LogP contribution is -2.40. The molecule has 0 aliphatic rings. The zero-order valence-electron chi connectivity index (χ0n) is 16.4. The van der Waals surface area contributed by atoms with Gasteiger partial charge in [0.05, 0.1) is 26.7 Å². The summed E-state index contributed by atoms with van der Waals surface area (Å²) in [5.41, 5.74) is 0.500. The van der Waals surface area contributed by atoms with Gasteiger partial charge in [-0.25, -0.2) is 0 Å². The lowest BCUT2D eigenvalue weighted by Gasteiger charge is -2.30. The molecule has 27 heavy (non-hydrogen) atoms. The molecule has 0 saturated carbocycles. The first-order valence-corrected chi connectivity index (χ1v) is 8.79. The zero-order valence-corrected chi connectivity index (χ0v) is 16.4. The normalized spacial score (nSPS) is 13.1. The maximum absolute atomic E-state index is 12.4. The van der Waals surface area contributed by atoms with E-state index in [1.54, 1.807) is 39.0 Å². The highest BCUT2D eigenvalue weighted by atomic mass is 16.7. The molecule has 1 N–H and O–H groups in total. The summed E-state index contributed by atoms with van der Waals surface area (Å²) in [5, 5.41) is 9.75. The summed E-state index contributed by atoms with van der Waals surface area (Å²) in [6, 6.07) is 4.91. The number of carbonyl (C=O) groups excluding carboxylic acids is 1. The average Bonchev–Trinajstić information content (AvgIpc) is 2.65. The van der Waals surface area contributed by atoms with Crippen LogP contribution in [0.5, 0.6) is 11.5 Å². The van der Waals surface area contributed by atoms with Gasteiger partial charge in [0.25, 0.3) is 0 Å². The number of rotatable bonds is 12. The van der Waals surface area contributed by atoms with Crippen LogP contribution in [0.1, 0.15) is 32.3 Å². The van der Waals surface area contributed by atoms with Crippen molar-refractivity contribution in [3.05, 3.63) is 23.8 Å². The van der Waals surface area contributed by atoms with Gasteiger partial charge in [0.2, 0.25) is 0 Å². The second kappa shape index (κ2) is 11.4. The lowest BCUT2D eigenvalue weighted by molar-refractivity contribution is -0.181. The second-order valence-corrected chi connectivity index (χ2v) is 5.49. The van der Waals surface area contributed by atoms with Gasteiger partial charge >= 0.3 is 11.9 Å². The van der Waals surface area contributed by atoms with E-state index in [4.69, 9.17) is 23.7 Å². The minimum absolute atomic E-state index is 0.0647. The van der Waals surface area contributed by atoms with Crippen molar-refractivity contribution < 1.29 is 38.4 Å². The van der Waals surface area contributed by atoms with Crippen molar-refractivity contribution >= 4 is 11.9 Å². The van der Waals surface area contributed by atoms with Crippen LogP contribution in [0.15, 0.2) is 18.2 Å². The molecule has 0 aliphatic heterocycles. The molecule has 0 heterocycles. The monoisotopic (exact) mass is 384 g/mol. The molecule has 0 fully saturated rings. The highest BCUT2D eigenvalue weighted by Gasteiger charge is 2.43. The third-order valence-electron chi connectivity index (χ3n) is 3.91. The molecule has 1 aromatic rings. The lowest BCUT2D eigenvalue weighted by atomic mass is 9.84. The maximum Gasteiger partial charge on any atom is 0.321 e. The van der Waals surface area contributed by atoms with Crippen LogP contribution >= 0.6 is 0 Å². The van der Waals surface area contributed by atoms with Crippen molar-refractivity contribution in [1.29, 1.82) is 0 Å². The highest BCUT2D eigenvalue weighted by Crippen LogP contribution is 2.37. The van der Waals surface area contributed by atoms with Crippen LogP contribution in [0, 0.1) is 5.92 Å². The highest BCUT2D eigenvalue weighted by molar-refractivity contribution is 5.95. The standard InChI is InChI=1S/C19H28O8/c1-6-25-18(22)16(17(20)21)15(19(26-7-2)27-8-3)12-9-10-13(23-4)14(11-12)24-5/h9-11,15-16,19H,6-8H2,1-5H3,(H,20,21). The molecule has 1 aromatic carbocycles. The number of carboxylic acids is 1. The maximum atomic E-state index is 12.4. The number of hydrogen-bond donors (Lipinski definition) is 1. The van der Waals surface area contributed by atoms with Crippen LogP contribution in [-0.4, -0.2) is 57.4 Å². The van der Waals surface area contributed by atoms with Crippen molar-refractivity contribution in [2.75, 3.05) is 34.0 Å². The third kappa shape index (κ3) is 5.83. The van der Waals surface area contributed by atoms with Crippen LogP contribution < -0.4 is 9.47 Å². The first kappa shape index (κ1) is 22.7. The fraction of sp³-hybridized carbons (Fsp3) is 0.579. The fourth-order valence-electron chi connectivity index (χ4n) is 2.78. The summed E-state index contributed by atoms with van der Waals surface area (Å²) in [6.45, 7) is 5.77. The van der Waals surface area contributed by atoms with E-state index in [-0.39, 0.29) is 19.8 Å². The molecule has 0 aliphatic carbocycles. The topological polar surface area (TPSA) is 101 Å². The largest absolute Gasteiger partial charge is 0.493 e. The van der Waals surface area contributed by atoms with Gasteiger partial charge in [-0.05, 0) is 38.5 Å². The Balaban J connectivity index is 3.51. The minimum atomic E-state index is -1.51. The Labute approximate surface area is 159 Å². The predicted molar refractivity (Wildman–Crippen MR) is 97.1 cm³/mol. The minimum Gasteiger partial charge on any atom is -0.493 e. The molecule has 0 spiro atoms.